The maximum atomic E-state index is 12.7. The Bertz CT molecular complexity index is 428. The summed E-state index contributed by atoms with van der Waals surface area (Å²) in [5.41, 5.74) is 0.360. The number of carbonyl (C=O) groups excluding carboxylic acids is 1. The Morgan fingerprint density at radius 2 is 2.39 bits per heavy atom. The SMILES string of the molecule is CC[I-]OC(=O)c1cncn1CC1CC(F)(F)C1. The number of carbonyl (C=O) groups is 1. The second-order valence-electron chi connectivity index (χ2n) is 4.30. The van der Waals surface area contributed by atoms with Crippen LogP contribution in [-0.2, 0) is 9.61 Å². The molecule has 0 radical (unpaired) electrons. The summed E-state index contributed by atoms with van der Waals surface area (Å²) in [6.45, 7) is 2.36. The molecule has 7 heteroatoms. The number of halogens is 3. The van der Waals surface area contributed by atoms with E-state index in [-0.39, 0.29) is 18.8 Å². The van der Waals surface area contributed by atoms with Gasteiger partial charge in [-0.2, -0.15) is 0 Å². The minimum atomic E-state index is -2.53. The summed E-state index contributed by atoms with van der Waals surface area (Å²) in [6, 6.07) is 0. The fourth-order valence-corrected chi connectivity index (χ4v) is 2.79. The molecule has 1 heterocycles. The van der Waals surface area contributed by atoms with Gasteiger partial charge in [-0.1, -0.05) is 0 Å². The molecule has 1 aliphatic carbocycles. The van der Waals surface area contributed by atoms with Crippen molar-refractivity contribution >= 4 is 5.97 Å². The van der Waals surface area contributed by atoms with Gasteiger partial charge in [0.05, 0.1) is 0 Å². The van der Waals surface area contributed by atoms with Gasteiger partial charge in [-0.15, -0.1) is 0 Å². The van der Waals surface area contributed by atoms with E-state index in [0.29, 0.717) is 12.2 Å². The number of rotatable bonds is 5. The summed E-state index contributed by atoms with van der Waals surface area (Å²) in [6.07, 6.45) is 2.71. The third-order valence-corrected chi connectivity index (χ3v) is 4.12. The number of alkyl halides is 3. The second-order valence-corrected chi connectivity index (χ2v) is 6.89. The molecule has 102 valence electrons. The first-order valence-corrected chi connectivity index (χ1v) is 8.11. The van der Waals surface area contributed by atoms with Crippen LogP contribution >= 0.6 is 0 Å². The summed E-state index contributed by atoms with van der Waals surface area (Å²) in [5, 5.41) is 0. The molecule has 1 fully saturated rings. The molecular weight excluding hydrogens is 357 g/mol. The number of hydrogen-bond donors (Lipinski definition) is 0. The normalized spacial score (nSPS) is 18.6. The van der Waals surface area contributed by atoms with Crippen molar-refractivity contribution in [2.45, 2.75) is 32.2 Å². The predicted octanol–water partition coefficient (Wildman–Crippen LogP) is -0.891. The van der Waals surface area contributed by atoms with Crippen molar-refractivity contribution in [1.29, 1.82) is 0 Å². The molecule has 0 amide bonds. The van der Waals surface area contributed by atoms with E-state index < -0.39 is 33.5 Å². The van der Waals surface area contributed by atoms with Crippen LogP contribution in [0.15, 0.2) is 12.5 Å². The van der Waals surface area contributed by atoms with Crippen LogP contribution in [0, 0.1) is 5.92 Å². The van der Waals surface area contributed by atoms with E-state index in [1.54, 1.807) is 4.57 Å². The molecule has 18 heavy (non-hydrogen) atoms. The van der Waals surface area contributed by atoms with Crippen molar-refractivity contribution in [3.05, 3.63) is 18.2 Å². The molecule has 0 N–H and O–H groups in total. The topological polar surface area (TPSA) is 44.1 Å². The molecule has 0 spiro atoms. The number of imidazole rings is 1. The molecule has 1 aliphatic rings. The molecule has 1 aromatic heterocycles. The average molecular weight is 371 g/mol. The van der Waals surface area contributed by atoms with Gasteiger partial charge in [0.25, 0.3) is 0 Å². The Balaban J connectivity index is 1.94. The Kier molecular flexibility index (Phi) is 4.18. The molecule has 4 nitrogen and oxygen atoms in total. The Morgan fingerprint density at radius 3 is 3.00 bits per heavy atom. The molecule has 0 atom stereocenters. The number of aromatic nitrogens is 2. The van der Waals surface area contributed by atoms with Crippen molar-refractivity contribution in [3.8, 4) is 0 Å². The van der Waals surface area contributed by atoms with Crippen LogP contribution < -0.4 is 21.6 Å². The first-order chi connectivity index (χ1) is 8.52. The maximum absolute atomic E-state index is 12.7. The first kappa shape index (κ1) is 13.7. The van der Waals surface area contributed by atoms with Crippen LogP contribution in [0.5, 0.6) is 0 Å². The van der Waals surface area contributed by atoms with E-state index in [0.717, 1.165) is 4.43 Å². The quantitative estimate of drug-likeness (QED) is 0.499. The molecule has 1 aromatic rings. The summed E-state index contributed by atoms with van der Waals surface area (Å²) < 4.78 is 33.0. The zero-order valence-corrected chi connectivity index (χ0v) is 12.1. The molecule has 0 bridgehead atoms. The Labute approximate surface area is 115 Å². The first-order valence-electron chi connectivity index (χ1n) is 5.70. The van der Waals surface area contributed by atoms with Crippen LogP contribution in [0.2, 0.25) is 0 Å². The number of hydrogen-bond acceptors (Lipinski definition) is 3. The van der Waals surface area contributed by atoms with Crippen molar-refractivity contribution in [3.63, 3.8) is 0 Å². The standard InChI is InChI=1S/C11H14F2IN2O2/c1-2-14-18-10(17)9-5-15-7-16(9)6-8-3-11(12,13)4-8/h5,7-8H,2-4,6H2,1H3/q-1. The van der Waals surface area contributed by atoms with Gasteiger partial charge in [0.1, 0.15) is 0 Å². The van der Waals surface area contributed by atoms with Crippen LogP contribution in [0.1, 0.15) is 30.3 Å². The van der Waals surface area contributed by atoms with E-state index >= 15 is 0 Å². The third kappa shape index (κ3) is 3.18. The monoisotopic (exact) mass is 371 g/mol. The van der Waals surface area contributed by atoms with Crippen LogP contribution in [0.4, 0.5) is 8.78 Å². The van der Waals surface area contributed by atoms with Crippen LogP contribution in [0.25, 0.3) is 0 Å². The van der Waals surface area contributed by atoms with Crippen molar-refractivity contribution in [2.75, 3.05) is 4.43 Å². The van der Waals surface area contributed by atoms with Gasteiger partial charge in [-0.25, -0.2) is 0 Å². The number of nitrogens with zero attached hydrogens (tertiary/aromatic N) is 2. The fourth-order valence-electron chi connectivity index (χ4n) is 1.97. The van der Waals surface area contributed by atoms with Gasteiger partial charge in [-0.05, 0) is 0 Å². The molecule has 2 rings (SSSR count). The second kappa shape index (κ2) is 5.50. The van der Waals surface area contributed by atoms with Crippen molar-refractivity contribution in [1.82, 2.24) is 9.55 Å². The molecule has 0 aliphatic heterocycles. The Morgan fingerprint density at radius 1 is 1.67 bits per heavy atom. The summed E-state index contributed by atoms with van der Waals surface area (Å²) in [5.74, 6) is -3.01. The van der Waals surface area contributed by atoms with Gasteiger partial charge in [0.15, 0.2) is 0 Å². The molecular formula is C11H14F2IN2O2-. The van der Waals surface area contributed by atoms with Gasteiger partial charge in [0, 0.05) is 0 Å². The van der Waals surface area contributed by atoms with Crippen molar-refractivity contribution in [2.24, 2.45) is 5.92 Å². The summed E-state index contributed by atoms with van der Waals surface area (Å²) >= 11 is -0.569. The van der Waals surface area contributed by atoms with Gasteiger partial charge in [-0.3, -0.25) is 0 Å². The average Bonchev–Trinajstić information content (AvgIpc) is 2.71. The van der Waals surface area contributed by atoms with Crippen LogP contribution in [0.3, 0.4) is 0 Å². The van der Waals surface area contributed by atoms with Crippen LogP contribution in [-0.4, -0.2) is 25.9 Å². The predicted molar refractivity (Wildman–Crippen MR) is 55.9 cm³/mol. The van der Waals surface area contributed by atoms with E-state index in [1.807, 2.05) is 6.92 Å². The zero-order valence-electron chi connectivity index (χ0n) is 9.91. The van der Waals surface area contributed by atoms with E-state index in [2.05, 4.69) is 4.98 Å². The molecule has 0 unspecified atom stereocenters. The molecule has 0 saturated heterocycles. The van der Waals surface area contributed by atoms with Gasteiger partial charge < -0.3 is 0 Å². The van der Waals surface area contributed by atoms with E-state index in [9.17, 15) is 13.6 Å². The molecule has 1 saturated carbocycles. The van der Waals surface area contributed by atoms with E-state index in [1.165, 1.54) is 12.5 Å². The Hall–Kier alpha value is -0.730. The van der Waals surface area contributed by atoms with Gasteiger partial charge >= 0.3 is 115 Å². The van der Waals surface area contributed by atoms with E-state index in [4.69, 9.17) is 3.07 Å². The minimum absolute atomic E-state index is 0.0818. The fraction of sp³-hybridized carbons (Fsp3) is 0.636. The third-order valence-electron chi connectivity index (χ3n) is 2.78. The van der Waals surface area contributed by atoms with Gasteiger partial charge in [0.2, 0.25) is 0 Å². The molecule has 0 aromatic carbocycles. The zero-order chi connectivity index (χ0) is 13.2. The summed E-state index contributed by atoms with van der Waals surface area (Å²) in [4.78, 5) is 15.6. The van der Waals surface area contributed by atoms with Crippen molar-refractivity contribution < 1.29 is 38.3 Å². The summed E-state index contributed by atoms with van der Waals surface area (Å²) in [7, 11) is 0.